The predicted molar refractivity (Wildman–Crippen MR) is 76.6 cm³/mol. The summed E-state index contributed by atoms with van der Waals surface area (Å²) in [6.45, 7) is 0.632. The van der Waals surface area contributed by atoms with Crippen molar-refractivity contribution >= 4 is 33.3 Å². The Morgan fingerprint density at radius 2 is 2.14 bits per heavy atom. The molecule has 0 saturated heterocycles. The van der Waals surface area contributed by atoms with Gasteiger partial charge in [0.1, 0.15) is 17.3 Å². The molecule has 0 spiro atoms. The van der Waals surface area contributed by atoms with Gasteiger partial charge in [0, 0.05) is 7.11 Å². The van der Waals surface area contributed by atoms with Gasteiger partial charge in [0.2, 0.25) is 5.78 Å². The molecule has 4 nitrogen and oxygen atoms in total. The van der Waals surface area contributed by atoms with Crippen molar-refractivity contribution in [2.45, 2.75) is 6.54 Å². The minimum atomic E-state index is -0.891. The fraction of sp³-hybridized carbons (Fsp3) is 0.231. The molecular weight excluding hydrogens is 370 g/mol. The zero-order valence-corrected chi connectivity index (χ0v) is 13.2. The van der Waals surface area contributed by atoms with Crippen molar-refractivity contribution in [2.24, 2.45) is 0 Å². The van der Waals surface area contributed by atoms with Crippen LogP contribution >= 0.6 is 27.5 Å². The molecule has 2 aromatic rings. The molecule has 0 bridgehead atoms. The zero-order chi connectivity index (χ0) is 15.6. The summed E-state index contributed by atoms with van der Waals surface area (Å²) in [5, 5.41) is 3.62. The first kappa shape index (κ1) is 16.1. The quantitative estimate of drug-likeness (QED) is 0.590. The van der Waals surface area contributed by atoms with E-state index in [4.69, 9.17) is 16.3 Å². The number of carbonyl (C=O) groups excluding carboxylic acids is 1. The predicted octanol–water partition coefficient (Wildman–Crippen LogP) is 3.45. The van der Waals surface area contributed by atoms with Gasteiger partial charge in [0.25, 0.3) is 0 Å². The van der Waals surface area contributed by atoms with E-state index in [1.165, 1.54) is 18.0 Å². The first-order valence-corrected chi connectivity index (χ1v) is 7.02. The Labute approximate surface area is 132 Å². The summed E-state index contributed by atoms with van der Waals surface area (Å²) in [7, 11) is 1.51. The highest BCUT2D eigenvalue weighted by Crippen LogP contribution is 2.24. The lowest BCUT2D eigenvalue weighted by molar-refractivity contribution is 0.102. The van der Waals surface area contributed by atoms with Gasteiger partial charge < -0.3 is 4.74 Å². The van der Waals surface area contributed by atoms with Crippen molar-refractivity contribution in [3.63, 3.8) is 0 Å². The molecule has 0 radical (unpaired) electrons. The summed E-state index contributed by atoms with van der Waals surface area (Å²) in [6, 6.07) is 1.55. The number of nitrogens with zero attached hydrogens (tertiary/aromatic N) is 2. The van der Waals surface area contributed by atoms with Crippen LogP contribution in [0, 0.1) is 11.6 Å². The fourth-order valence-electron chi connectivity index (χ4n) is 1.76. The highest BCUT2D eigenvalue weighted by Gasteiger charge is 2.23. The maximum Gasteiger partial charge on any atom is 0.215 e. The number of hydrogen-bond acceptors (Lipinski definition) is 3. The minimum absolute atomic E-state index is 0.118. The number of hydrogen-bond donors (Lipinski definition) is 0. The second-order valence-electron chi connectivity index (χ2n) is 4.13. The number of aromatic nitrogens is 2. The van der Waals surface area contributed by atoms with Crippen LogP contribution in [-0.4, -0.2) is 29.3 Å². The molecule has 1 aromatic heterocycles. The molecule has 112 valence electrons. The maximum atomic E-state index is 13.8. The molecule has 0 unspecified atom stereocenters. The first-order valence-electron chi connectivity index (χ1n) is 5.85. The van der Waals surface area contributed by atoms with Crippen LogP contribution in [0.25, 0.3) is 0 Å². The lowest BCUT2D eigenvalue weighted by Crippen LogP contribution is -2.16. The third-order valence-electron chi connectivity index (χ3n) is 2.77. The van der Waals surface area contributed by atoms with Crippen molar-refractivity contribution in [3.05, 3.63) is 50.7 Å². The highest BCUT2D eigenvalue weighted by molar-refractivity contribution is 9.10. The van der Waals surface area contributed by atoms with E-state index in [2.05, 4.69) is 21.0 Å². The Morgan fingerprint density at radius 3 is 2.81 bits per heavy atom. The molecule has 0 fully saturated rings. The number of carbonyl (C=O) groups is 1. The monoisotopic (exact) mass is 378 g/mol. The first-order chi connectivity index (χ1) is 9.95. The lowest BCUT2D eigenvalue weighted by atomic mass is 10.1. The van der Waals surface area contributed by atoms with Crippen LogP contribution in [0.3, 0.4) is 0 Å². The number of halogens is 4. The van der Waals surface area contributed by atoms with Crippen LogP contribution in [-0.2, 0) is 11.3 Å². The number of ketones is 1. The van der Waals surface area contributed by atoms with E-state index in [-0.39, 0.29) is 10.7 Å². The standard InChI is InChI=1S/C13H10BrClF2N2O2/c1-21-3-2-19-12(8(14)6-18-19)13(20)7-4-11(17)9(15)5-10(7)16/h4-6H,2-3H2,1H3. The lowest BCUT2D eigenvalue weighted by Gasteiger charge is -2.08. The average molecular weight is 380 g/mol. The van der Waals surface area contributed by atoms with Gasteiger partial charge in [-0.3, -0.25) is 9.48 Å². The summed E-state index contributed by atoms with van der Waals surface area (Å²) in [4.78, 5) is 12.4. The third-order valence-corrected chi connectivity index (χ3v) is 3.64. The smallest absolute Gasteiger partial charge is 0.215 e. The molecule has 21 heavy (non-hydrogen) atoms. The number of ether oxygens (including phenoxy) is 1. The van der Waals surface area contributed by atoms with Crippen LogP contribution in [0.1, 0.15) is 16.1 Å². The van der Waals surface area contributed by atoms with E-state index in [0.29, 0.717) is 17.6 Å². The Kier molecular flexibility index (Phi) is 5.08. The molecule has 2 rings (SSSR count). The van der Waals surface area contributed by atoms with Crippen LogP contribution in [0.4, 0.5) is 8.78 Å². The largest absolute Gasteiger partial charge is 0.383 e. The van der Waals surface area contributed by atoms with Gasteiger partial charge in [0.15, 0.2) is 0 Å². The number of rotatable bonds is 5. The summed E-state index contributed by atoms with van der Waals surface area (Å²) in [5.74, 6) is -2.44. The molecule has 0 aliphatic heterocycles. The molecule has 8 heteroatoms. The van der Waals surface area contributed by atoms with E-state index in [9.17, 15) is 13.6 Å². The molecule has 0 N–H and O–H groups in total. The molecule has 1 heterocycles. The molecule has 0 aliphatic rings. The van der Waals surface area contributed by atoms with Gasteiger partial charge in [0.05, 0.1) is 34.4 Å². The minimum Gasteiger partial charge on any atom is -0.383 e. The second kappa shape index (κ2) is 6.64. The van der Waals surface area contributed by atoms with E-state index < -0.39 is 23.0 Å². The Hall–Kier alpha value is -1.31. The van der Waals surface area contributed by atoms with E-state index >= 15 is 0 Å². The van der Waals surface area contributed by atoms with Gasteiger partial charge in [-0.1, -0.05) is 11.6 Å². The van der Waals surface area contributed by atoms with E-state index in [1.807, 2.05) is 0 Å². The summed E-state index contributed by atoms with van der Waals surface area (Å²) in [6.07, 6.45) is 1.41. The SMILES string of the molecule is COCCn1ncc(Br)c1C(=O)c1cc(F)c(Cl)cc1F. The third kappa shape index (κ3) is 3.30. The van der Waals surface area contributed by atoms with Crippen LogP contribution < -0.4 is 0 Å². The Balaban J connectivity index is 2.45. The van der Waals surface area contributed by atoms with Gasteiger partial charge in [-0.25, -0.2) is 8.78 Å². The van der Waals surface area contributed by atoms with Gasteiger partial charge in [-0.15, -0.1) is 0 Å². The zero-order valence-electron chi connectivity index (χ0n) is 10.9. The second-order valence-corrected chi connectivity index (χ2v) is 5.39. The molecular formula is C13H10BrClF2N2O2. The summed E-state index contributed by atoms with van der Waals surface area (Å²) < 4.78 is 34.0. The van der Waals surface area contributed by atoms with Crippen LogP contribution in [0.15, 0.2) is 22.8 Å². The van der Waals surface area contributed by atoms with Crippen LogP contribution in [0.5, 0.6) is 0 Å². The van der Waals surface area contributed by atoms with Crippen molar-refractivity contribution < 1.29 is 18.3 Å². The van der Waals surface area contributed by atoms with Crippen molar-refractivity contribution in [2.75, 3.05) is 13.7 Å². The number of methoxy groups -OCH3 is 1. The molecule has 0 aliphatic carbocycles. The van der Waals surface area contributed by atoms with Gasteiger partial charge in [-0.05, 0) is 28.1 Å². The van der Waals surface area contributed by atoms with Crippen LogP contribution in [0.2, 0.25) is 5.02 Å². The Morgan fingerprint density at radius 1 is 1.43 bits per heavy atom. The number of benzene rings is 1. The van der Waals surface area contributed by atoms with Gasteiger partial charge >= 0.3 is 0 Å². The van der Waals surface area contributed by atoms with Crippen molar-refractivity contribution in [1.82, 2.24) is 9.78 Å². The average Bonchev–Trinajstić information content (AvgIpc) is 2.81. The maximum absolute atomic E-state index is 13.8. The molecule has 0 atom stereocenters. The summed E-state index contributed by atoms with van der Waals surface area (Å²) >= 11 is 8.65. The normalized spacial score (nSPS) is 10.9. The van der Waals surface area contributed by atoms with Gasteiger partial charge in [-0.2, -0.15) is 5.10 Å². The topological polar surface area (TPSA) is 44.1 Å². The van der Waals surface area contributed by atoms with E-state index in [0.717, 1.165) is 12.1 Å². The summed E-state index contributed by atoms with van der Waals surface area (Å²) in [5.41, 5.74) is -0.288. The Bertz CT molecular complexity index is 691. The highest BCUT2D eigenvalue weighted by atomic mass is 79.9. The van der Waals surface area contributed by atoms with E-state index in [1.54, 1.807) is 0 Å². The molecule has 0 saturated carbocycles. The van der Waals surface area contributed by atoms with Crippen molar-refractivity contribution in [3.8, 4) is 0 Å². The fourth-order valence-corrected chi connectivity index (χ4v) is 2.39. The molecule has 0 amide bonds. The molecule has 1 aromatic carbocycles. The van der Waals surface area contributed by atoms with Crippen molar-refractivity contribution in [1.29, 1.82) is 0 Å².